The van der Waals surface area contributed by atoms with Crippen molar-refractivity contribution in [2.45, 2.75) is 19.3 Å². The summed E-state index contributed by atoms with van der Waals surface area (Å²) in [7, 11) is -3.59. The number of rotatable bonds is 6. The molecule has 0 fully saturated rings. The van der Waals surface area contributed by atoms with Crippen molar-refractivity contribution in [2.24, 2.45) is 5.16 Å². The number of carbonyl (C=O) groups is 2. The maximum atomic E-state index is 11.3. The largest absolute Gasteiger partial charge is 0.441 e. The molecule has 0 saturated carbocycles. The van der Waals surface area contributed by atoms with Gasteiger partial charge < -0.3 is 9.94 Å². The van der Waals surface area contributed by atoms with Gasteiger partial charge in [0.15, 0.2) is 15.3 Å². The molecule has 0 aliphatic carbocycles. The Hall–Kier alpha value is -1.15. The zero-order valence-electron chi connectivity index (χ0n) is 9.21. The number of esters is 1. The smallest absolute Gasteiger partial charge is 0.365 e. The van der Waals surface area contributed by atoms with Gasteiger partial charge in [0.1, 0.15) is 0 Å². The van der Waals surface area contributed by atoms with Crippen molar-refractivity contribution in [1.29, 1.82) is 0 Å². The molecule has 0 amide bonds. The van der Waals surface area contributed by atoms with E-state index in [2.05, 4.69) is 9.89 Å². The predicted molar refractivity (Wildman–Crippen MR) is 60.0 cm³/mol. The summed E-state index contributed by atoms with van der Waals surface area (Å²) in [6.07, 6.45) is 0. The lowest BCUT2D eigenvalue weighted by Gasteiger charge is -2.12. The van der Waals surface area contributed by atoms with Gasteiger partial charge in [-0.2, -0.15) is 0 Å². The fourth-order valence-electron chi connectivity index (χ4n) is 0.788. The lowest BCUT2D eigenvalue weighted by molar-refractivity contribution is -0.137. The van der Waals surface area contributed by atoms with Gasteiger partial charge in [-0.05, 0) is 6.92 Å². The molecule has 0 heterocycles. The average Bonchev–Trinajstić information content (AvgIpc) is 2.29. The first-order chi connectivity index (χ1) is 7.80. The standard InChI is InChI=1S/C8H12ClNO6S/c1-3-17(14,15)5(2)16-8(12)7(10-13)6(11)4-9/h5,13H,3-4H2,1-2H3/b10-7-. The lowest BCUT2D eigenvalue weighted by atomic mass is 10.3. The van der Waals surface area contributed by atoms with Crippen molar-refractivity contribution in [3.05, 3.63) is 0 Å². The minimum Gasteiger partial charge on any atom is -0.441 e. The van der Waals surface area contributed by atoms with E-state index in [1.54, 1.807) is 0 Å². The first-order valence-electron chi connectivity index (χ1n) is 4.53. The van der Waals surface area contributed by atoms with Crippen LogP contribution in [0.5, 0.6) is 0 Å². The van der Waals surface area contributed by atoms with E-state index in [1.165, 1.54) is 6.92 Å². The first kappa shape index (κ1) is 15.9. The molecule has 0 radical (unpaired) electrons. The molecule has 1 unspecified atom stereocenters. The van der Waals surface area contributed by atoms with E-state index < -0.39 is 38.6 Å². The number of oxime groups is 1. The van der Waals surface area contributed by atoms with E-state index in [0.29, 0.717) is 0 Å². The SMILES string of the molecule is CCS(=O)(=O)C(C)OC(=O)/C(=N\O)C(=O)CCl. The Balaban J connectivity index is 4.83. The molecule has 7 nitrogen and oxygen atoms in total. The van der Waals surface area contributed by atoms with E-state index >= 15 is 0 Å². The number of hydrogen-bond donors (Lipinski definition) is 1. The third kappa shape index (κ3) is 4.31. The van der Waals surface area contributed by atoms with Crippen molar-refractivity contribution in [3.8, 4) is 0 Å². The fraction of sp³-hybridized carbons (Fsp3) is 0.625. The van der Waals surface area contributed by atoms with Crippen molar-refractivity contribution in [2.75, 3.05) is 11.6 Å². The van der Waals surface area contributed by atoms with Gasteiger partial charge in [0.25, 0.3) is 0 Å². The molecule has 17 heavy (non-hydrogen) atoms. The van der Waals surface area contributed by atoms with Crippen LogP contribution in [-0.2, 0) is 24.2 Å². The summed E-state index contributed by atoms with van der Waals surface area (Å²) in [4.78, 5) is 22.3. The highest BCUT2D eigenvalue weighted by molar-refractivity contribution is 7.91. The van der Waals surface area contributed by atoms with Crippen LogP contribution in [0.15, 0.2) is 5.16 Å². The van der Waals surface area contributed by atoms with Gasteiger partial charge in [0.2, 0.25) is 11.5 Å². The van der Waals surface area contributed by atoms with Crippen LogP contribution in [-0.4, -0.2) is 48.2 Å². The van der Waals surface area contributed by atoms with Crippen molar-refractivity contribution >= 4 is 38.9 Å². The molecular weight excluding hydrogens is 274 g/mol. The van der Waals surface area contributed by atoms with Crippen molar-refractivity contribution in [1.82, 2.24) is 0 Å². The summed E-state index contributed by atoms with van der Waals surface area (Å²) in [6.45, 7) is 2.52. The van der Waals surface area contributed by atoms with E-state index in [1.807, 2.05) is 0 Å². The van der Waals surface area contributed by atoms with Gasteiger partial charge in [-0.3, -0.25) is 4.79 Å². The van der Waals surface area contributed by atoms with Gasteiger partial charge in [-0.1, -0.05) is 12.1 Å². The molecule has 0 spiro atoms. The number of ketones is 1. The number of nitrogens with zero attached hydrogens (tertiary/aromatic N) is 1. The topological polar surface area (TPSA) is 110 Å². The summed E-state index contributed by atoms with van der Waals surface area (Å²) in [6, 6.07) is 0. The van der Waals surface area contributed by atoms with Gasteiger partial charge >= 0.3 is 5.97 Å². The Labute approximate surface area is 103 Å². The molecule has 0 aliphatic heterocycles. The number of sulfone groups is 1. The summed E-state index contributed by atoms with van der Waals surface area (Å²) < 4.78 is 27.1. The minimum atomic E-state index is -3.59. The number of halogens is 1. The zero-order chi connectivity index (χ0) is 13.6. The number of Topliss-reactive ketones (excluding diaryl/α,β-unsaturated/α-hetero) is 1. The van der Waals surface area contributed by atoms with Crippen molar-refractivity contribution in [3.63, 3.8) is 0 Å². The highest BCUT2D eigenvalue weighted by atomic mass is 35.5. The predicted octanol–water partition coefficient (Wildman–Crippen LogP) is -0.0516. The maximum Gasteiger partial charge on any atom is 0.365 e. The van der Waals surface area contributed by atoms with E-state index in [4.69, 9.17) is 16.8 Å². The second kappa shape index (κ2) is 6.55. The maximum absolute atomic E-state index is 11.3. The second-order valence-corrected chi connectivity index (χ2v) is 5.76. The fourth-order valence-corrected chi connectivity index (χ4v) is 1.62. The van der Waals surface area contributed by atoms with E-state index in [0.717, 1.165) is 6.92 Å². The van der Waals surface area contributed by atoms with Gasteiger partial charge in [0, 0.05) is 0 Å². The van der Waals surface area contributed by atoms with Crippen LogP contribution >= 0.6 is 11.6 Å². The van der Waals surface area contributed by atoms with Crippen LogP contribution in [0.3, 0.4) is 0 Å². The summed E-state index contributed by atoms with van der Waals surface area (Å²) in [5.41, 5.74) is -2.36. The van der Waals surface area contributed by atoms with Gasteiger partial charge in [-0.15, -0.1) is 11.6 Å². The normalized spacial score (nSPS) is 14.2. The molecule has 1 atom stereocenters. The summed E-state index contributed by atoms with van der Waals surface area (Å²) in [5.74, 6) is -3.09. The van der Waals surface area contributed by atoms with E-state index in [9.17, 15) is 18.0 Å². The molecule has 1 N–H and O–H groups in total. The zero-order valence-corrected chi connectivity index (χ0v) is 10.8. The quantitative estimate of drug-likeness (QED) is 0.183. The molecule has 0 bridgehead atoms. The Morgan fingerprint density at radius 2 is 2.00 bits per heavy atom. The third-order valence-electron chi connectivity index (χ3n) is 1.86. The summed E-state index contributed by atoms with van der Waals surface area (Å²) in [5, 5.41) is 10.9. The third-order valence-corrected chi connectivity index (χ3v) is 4.02. The molecular formula is C8H12ClNO6S. The Morgan fingerprint density at radius 3 is 2.35 bits per heavy atom. The van der Waals surface area contributed by atoms with Gasteiger partial charge in [-0.25, -0.2) is 13.2 Å². The molecule has 0 saturated heterocycles. The Morgan fingerprint density at radius 1 is 1.47 bits per heavy atom. The number of hydrogen-bond acceptors (Lipinski definition) is 7. The molecule has 0 rings (SSSR count). The lowest BCUT2D eigenvalue weighted by Crippen LogP contribution is -2.33. The van der Waals surface area contributed by atoms with Crippen molar-refractivity contribution < 1.29 is 28.0 Å². The molecule has 0 aromatic rings. The average molecular weight is 286 g/mol. The number of ether oxygens (including phenoxy) is 1. The second-order valence-electron chi connectivity index (χ2n) is 2.93. The molecule has 0 aliphatic rings. The minimum absolute atomic E-state index is 0.226. The van der Waals surface area contributed by atoms with Crippen LogP contribution in [0.25, 0.3) is 0 Å². The van der Waals surface area contributed by atoms with Crippen LogP contribution in [0, 0.1) is 0 Å². The molecule has 0 aromatic carbocycles. The number of carbonyl (C=O) groups excluding carboxylic acids is 2. The summed E-state index contributed by atoms with van der Waals surface area (Å²) >= 11 is 5.16. The Bertz CT molecular complexity index is 429. The Kier molecular flexibility index (Phi) is 6.11. The monoisotopic (exact) mass is 285 g/mol. The molecule has 9 heteroatoms. The van der Waals surface area contributed by atoms with Crippen LogP contribution in [0.4, 0.5) is 0 Å². The van der Waals surface area contributed by atoms with Crippen LogP contribution in [0.1, 0.15) is 13.8 Å². The first-order valence-corrected chi connectivity index (χ1v) is 6.78. The molecule has 98 valence electrons. The van der Waals surface area contributed by atoms with Crippen LogP contribution < -0.4 is 0 Å². The van der Waals surface area contributed by atoms with Crippen LogP contribution in [0.2, 0.25) is 0 Å². The van der Waals surface area contributed by atoms with E-state index in [-0.39, 0.29) is 5.75 Å². The molecule has 0 aromatic heterocycles. The number of alkyl halides is 1. The highest BCUT2D eigenvalue weighted by Crippen LogP contribution is 2.05. The van der Waals surface area contributed by atoms with Gasteiger partial charge in [0.05, 0.1) is 11.6 Å². The highest BCUT2D eigenvalue weighted by Gasteiger charge is 2.28.